The zero-order valence-corrected chi connectivity index (χ0v) is 17.2. The van der Waals surface area contributed by atoms with Crippen molar-refractivity contribution >= 4 is 28.9 Å². The third-order valence-corrected chi connectivity index (χ3v) is 4.77. The molecule has 0 saturated heterocycles. The second-order valence-electron chi connectivity index (χ2n) is 7.36. The topological polar surface area (TPSA) is 142 Å². The van der Waals surface area contributed by atoms with Gasteiger partial charge in [-0.05, 0) is 19.1 Å². The molecule has 1 unspecified atom stereocenters. The lowest BCUT2D eigenvalue weighted by Crippen LogP contribution is -2.43. The lowest BCUT2D eigenvalue weighted by Gasteiger charge is -2.21. The van der Waals surface area contributed by atoms with Crippen molar-refractivity contribution in [2.24, 2.45) is 0 Å². The average molecular weight is 428 g/mol. The molecular weight excluding hydrogens is 404 g/mol. The molecule has 2 aromatic heterocycles. The first-order valence-electron chi connectivity index (χ1n) is 9.75. The first kappa shape index (κ1) is 20.7. The minimum atomic E-state index is -1.43. The molecule has 4 rings (SSSR count). The number of nitrogens with one attached hydrogen (secondary N) is 3. The van der Waals surface area contributed by atoms with Crippen molar-refractivity contribution in [3.63, 3.8) is 0 Å². The van der Waals surface area contributed by atoms with E-state index in [1.807, 2.05) is 18.2 Å². The first-order valence-corrected chi connectivity index (χ1v) is 9.75. The van der Waals surface area contributed by atoms with E-state index in [1.165, 1.54) is 17.6 Å². The number of carbonyl (C=O) groups excluding carboxylic acids is 1. The van der Waals surface area contributed by atoms with Crippen LogP contribution in [-0.2, 0) is 0 Å². The molecule has 164 valence electrons. The van der Waals surface area contributed by atoms with E-state index in [1.54, 1.807) is 13.1 Å². The smallest absolute Gasteiger partial charge is 0.256 e. The Morgan fingerprint density at radius 1 is 1.32 bits per heavy atom. The average Bonchev–Trinajstić information content (AvgIpc) is 3.21. The number of hydrogen-bond donors (Lipinski definition) is 5. The highest BCUT2D eigenvalue weighted by molar-refractivity contribution is 6.00. The molecule has 3 heterocycles. The summed E-state index contributed by atoms with van der Waals surface area (Å²) in [6, 6.07) is 7.27. The number of rotatable bonds is 7. The van der Waals surface area contributed by atoms with Gasteiger partial charge in [0, 0.05) is 19.7 Å². The standard InChI is InChI=1S/C20H24N6O5/c1-20(29,11-27)10-22-19(28)12-9-23-26-16(21-2)8-15(25-18(12)26)24-13-4-3-5-14-17(13)31-7-6-30-14/h3-5,8-9,21,27,29H,6-7,10-11H2,1-2H3,(H,22,28)(H,24,25). The molecule has 0 saturated carbocycles. The van der Waals surface area contributed by atoms with Crippen LogP contribution >= 0.6 is 0 Å². The lowest BCUT2D eigenvalue weighted by atomic mass is 10.1. The minimum absolute atomic E-state index is 0.121. The predicted octanol–water partition coefficient (Wildman–Crippen LogP) is 0.759. The Kier molecular flexibility index (Phi) is 5.53. The van der Waals surface area contributed by atoms with Crippen LogP contribution in [0.3, 0.4) is 0 Å². The van der Waals surface area contributed by atoms with Crippen LogP contribution in [-0.4, -0.2) is 69.7 Å². The number of amides is 1. The van der Waals surface area contributed by atoms with E-state index in [4.69, 9.17) is 9.47 Å². The number of aliphatic hydroxyl groups excluding tert-OH is 1. The first-order chi connectivity index (χ1) is 14.9. The fourth-order valence-corrected chi connectivity index (χ4v) is 3.10. The minimum Gasteiger partial charge on any atom is -0.486 e. The largest absolute Gasteiger partial charge is 0.486 e. The van der Waals surface area contributed by atoms with Crippen LogP contribution in [0.15, 0.2) is 30.5 Å². The van der Waals surface area contributed by atoms with E-state index in [-0.39, 0.29) is 12.1 Å². The molecule has 1 aromatic carbocycles. The van der Waals surface area contributed by atoms with Gasteiger partial charge in [0.2, 0.25) is 0 Å². The van der Waals surface area contributed by atoms with Gasteiger partial charge < -0.3 is 35.6 Å². The van der Waals surface area contributed by atoms with Gasteiger partial charge in [0.1, 0.15) is 36.0 Å². The SMILES string of the molecule is CNc1cc(Nc2cccc3c2OCCO3)nc2c(C(=O)NCC(C)(O)CO)cnn12. The third-order valence-electron chi connectivity index (χ3n) is 4.77. The number of para-hydroxylation sites is 1. The molecule has 0 radical (unpaired) electrons. The number of carbonyl (C=O) groups is 1. The van der Waals surface area contributed by atoms with Gasteiger partial charge in [-0.25, -0.2) is 4.98 Å². The van der Waals surface area contributed by atoms with Crippen LogP contribution in [0.25, 0.3) is 5.65 Å². The number of aromatic nitrogens is 3. The van der Waals surface area contributed by atoms with Gasteiger partial charge in [0.25, 0.3) is 5.91 Å². The quantitative estimate of drug-likeness (QED) is 0.369. The van der Waals surface area contributed by atoms with Crippen molar-refractivity contribution < 1.29 is 24.5 Å². The summed E-state index contributed by atoms with van der Waals surface area (Å²) in [6.45, 7) is 1.76. The van der Waals surface area contributed by atoms with Crippen LogP contribution in [0, 0.1) is 0 Å². The van der Waals surface area contributed by atoms with E-state index >= 15 is 0 Å². The van der Waals surface area contributed by atoms with Crippen molar-refractivity contribution in [2.75, 3.05) is 44.0 Å². The second-order valence-corrected chi connectivity index (χ2v) is 7.36. The molecule has 0 bridgehead atoms. The number of benzene rings is 1. The number of anilines is 3. The third kappa shape index (κ3) is 4.18. The molecule has 31 heavy (non-hydrogen) atoms. The Balaban J connectivity index is 1.67. The van der Waals surface area contributed by atoms with E-state index in [0.717, 1.165) is 0 Å². The summed E-state index contributed by atoms with van der Waals surface area (Å²) < 4.78 is 12.9. The molecule has 0 fully saturated rings. The fraction of sp³-hybridized carbons (Fsp3) is 0.350. The lowest BCUT2D eigenvalue weighted by molar-refractivity contribution is 0.00321. The molecule has 0 spiro atoms. The van der Waals surface area contributed by atoms with Gasteiger partial charge in [-0.3, -0.25) is 4.79 Å². The van der Waals surface area contributed by atoms with Gasteiger partial charge in [0.05, 0.1) is 18.5 Å². The van der Waals surface area contributed by atoms with Gasteiger partial charge in [-0.15, -0.1) is 0 Å². The highest BCUT2D eigenvalue weighted by Gasteiger charge is 2.23. The maximum atomic E-state index is 12.7. The van der Waals surface area contributed by atoms with E-state index in [2.05, 4.69) is 26.0 Å². The van der Waals surface area contributed by atoms with Crippen LogP contribution in [0.5, 0.6) is 11.5 Å². The van der Waals surface area contributed by atoms with Gasteiger partial charge in [-0.1, -0.05) is 6.07 Å². The van der Waals surface area contributed by atoms with Crippen molar-refractivity contribution in [2.45, 2.75) is 12.5 Å². The van der Waals surface area contributed by atoms with Crippen LogP contribution < -0.4 is 25.4 Å². The summed E-state index contributed by atoms with van der Waals surface area (Å²) >= 11 is 0. The molecule has 1 aliphatic heterocycles. The summed E-state index contributed by atoms with van der Waals surface area (Å²) in [5.41, 5.74) is -0.203. The fourth-order valence-electron chi connectivity index (χ4n) is 3.10. The van der Waals surface area contributed by atoms with Crippen LogP contribution in [0.1, 0.15) is 17.3 Å². The van der Waals surface area contributed by atoms with Crippen LogP contribution in [0.2, 0.25) is 0 Å². The molecule has 3 aromatic rings. The van der Waals surface area contributed by atoms with E-state index in [0.29, 0.717) is 47.7 Å². The Hall–Kier alpha value is -3.57. The number of ether oxygens (including phenoxy) is 2. The van der Waals surface area contributed by atoms with Crippen molar-refractivity contribution in [3.8, 4) is 11.5 Å². The van der Waals surface area contributed by atoms with Crippen molar-refractivity contribution in [3.05, 3.63) is 36.0 Å². The van der Waals surface area contributed by atoms with Gasteiger partial charge in [-0.2, -0.15) is 9.61 Å². The Morgan fingerprint density at radius 2 is 2.13 bits per heavy atom. The van der Waals surface area contributed by atoms with Gasteiger partial charge in [0.15, 0.2) is 17.1 Å². The van der Waals surface area contributed by atoms with Crippen LogP contribution in [0.4, 0.5) is 17.3 Å². The zero-order chi connectivity index (χ0) is 22.0. The van der Waals surface area contributed by atoms with E-state index < -0.39 is 18.1 Å². The second kappa shape index (κ2) is 8.28. The molecule has 1 atom stereocenters. The molecular formula is C20H24N6O5. The van der Waals surface area contributed by atoms with E-state index in [9.17, 15) is 15.0 Å². The Labute approximate surface area is 178 Å². The molecule has 1 aliphatic rings. The van der Waals surface area contributed by atoms with Gasteiger partial charge >= 0.3 is 0 Å². The molecule has 11 heteroatoms. The monoisotopic (exact) mass is 428 g/mol. The van der Waals surface area contributed by atoms with Crippen molar-refractivity contribution in [1.82, 2.24) is 19.9 Å². The summed E-state index contributed by atoms with van der Waals surface area (Å²) in [4.78, 5) is 17.2. The molecule has 1 amide bonds. The molecule has 11 nitrogen and oxygen atoms in total. The highest BCUT2D eigenvalue weighted by atomic mass is 16.6. The molecule has 5 N–H and O–H groups in total. The summed E-state index contributed by atoms with van der Waals surface area (Å²) in [7, 11) is 1.74. The maximum absolute atomic E-state index is 12.7. The summed E-state index contributed by atoms with van der Waals surface area (Å²) in [5, 5.41) is 32.2. The molecule has 0 aliphatic carbocycles. The Bertz CT molecular complexity index is 1110. The number of fused-ring (bicyclic) bond motifs is 2. The Morgan fingerprint density at radius 3 is 2.90 bits per heavy atom. The summed E-state index contributed by atoms with van der Waals surface area (Å²) in [5.74, 6) is 1.85. The predicted molar refractivity (Wildman–Crippen MR) is 113 cm³/mol. The zero-order valence-electron chi connectivity index (χ0n) is 17.2. The number of nitrogens with zero attached hydrogens (tertiary/aromatic N) is 3. The summed E-state index contributed by atoms with van der Waals surface area (Å²) in [6.07, 6.45) is 1.40. The highest BCUT2D eigenvalue weighted by Crippen LogP contribution is 2.38. The van der Waals surface area contributed by atoms with Crippen molar-refractivity contribution in [1.29, 1.82) is 0 Å². The maximum Gasteiger partial charge on any atom is 0.256 e. The number of aliphatic hydroxyl groups is 2. The number of hydrogen-bond acceptors (Lipinski definition) is 9. The normalized spacial score (nSPS) is 14.7.